The highest BCUT2D eigenvalue weighted by atomic mass is 79.9. The number of rotatable bonds is 7. The molecule has 0 radical (unpaired) electrons. The summed E-state index contributed by atoms with van der Waals surface area (Å²) in [6, 6.07) is 14.8. The number of halogens is 1. The Balaban J connectivity index is 2.09. The molecular formula is C16H19BrN2O2S. The minimum Gasteiger partial charge on any atom is -0.330 e. The molecule has 0 saturated heterocycles. The second-order valence-electron chi connectivity index (χ2n) is 4.92. The molecule has 4 nitrogen and oxygen atoms in total. The molecule has 0 unspecified atom stereocenters. The zero-order valence-electron chi connectivity index (χ0n) is 12.1. The summed E-state index contributed by atoms with van der Waals surface area (Å²) < 4.78 is 27.9. The van der Waals surface area contributed by atoms with Gasteiger partial charge in [-0.2, -0.15) is 0 Å². The highest BCUT2D eigenvalue weighted by Gasteiger charge is 2.13. The van der Waals surface area contributed by atoms with Gasteiger partial charge in [0.15, 0.2) is 0 Å². The van der Waals surface area contributed by atoms with Gasteiger partial charge in [0, 0.05) is 11.0 Å². The van der Waals surface area contributed by atoms with Crippen LogP contribution in [0.15, 0.2) is 57.9 Å². The van der Waals surface area contributed by atoms with Crippen LogP contribution in [0.2, 0.25) is 0 Å². The summed E-state index contributed by atoms with van der Waals surface area (Å²) in [5.74, 6) is 0. The van der Waals surface area contributed by atoms with Gasteiger partial charge in [-0.25, -0.2) is 13.1 Å². The fourth-order valence-corrected chi connectivity index (χ4v) is 3.37. The molecule has 0 saturated carbocycles. The smallest absolute Gasteiger partial charge is 0.240 e. The number of benzene rings is 2. The minimum atomic E-state index is -3.44. The molecule has 0 aromatic heterocycles. The van der Waals surface area contributed by atoms with Crippen molar-refractivity contribution >= 4 is 26.0 Å². The number of hydrogen-bond acceptors (Lipinski definition) is 3. The first-order valence-corrected chi connectivity index (χ1v) is 9.36. The van der Waals surface area contributed by atoms with Crippen LogP contribution < -0.4 is 10.5 Å². The third kappa shape index (κ3) is 4.64. The molecule has 0 amide bonds. The molecule has 0 fully saturated rings. The van der Waals surface area contributed by atoms with Crippen molar-refractivity contribution in [3.8, 4) is 11.1 Å². The highest BCUT2D eigenvalue weighted by Crippen LogP contribution is 2.23. The molecule has 2 aromatic carbocycles. The molecule has 3 N–H and O–H groups in total. The fourth-order valence-electron chi connectivity index (χ4n) is 2.03. The van der Waals surface area contributed by atoms with E-state index in [9.17, 15) is 8.42 Å². The number of nitrogens with one attached hydrogen (secondary N) is 1. The Morgan fingerprint density at radius 1 is 0.909 bits per heavy atom. The van der Waals surface area contributed by atoms with E-state index in [1.54, 1.807) is 12.1 Å². The molecule has 2 aromatic rings. The fraction of sp³-hybridized carbons (Fsp3) is 0.250. The normalized spacial score (nSPS) is 11.5. The van der Waals surface area contributed by atoms with E-state index in [0.29, 0.717) is 13.1 Å². The quantitative estimate of drug-likeness (QED) is 0.722. The lowest BCUT2D eigenvalue weighted by Gasteiger charge is -2.08. The van der Waals surface area contributed by atoms with Crippen LogP contribution in [0.5, 0.6) is 0 Å². The predicted octanol–water partition coefficient (Wildman–Crippen LogP) is 3.13. The van der Waals surface area contributed by atoms with Gasteiger partial charge in [0.05, 0.1) is 4.90 Å². The maximum atomic E-state index is 12.1. The van der Waals surface area contributed by atoms with Crippen molar-refractivity contribution in [1.29, 1.82) is 0 Å². The Bertz CT molecular complexity index is 698. The van der Waals surface area contributed by atoms with Crippen molar-refractivity contribution in [2.24, 2.45) is 5.73 Å². The molecule has 2 rings (SSSR count). The van der Waals surface area contributed by atoms with E-state index in [4.69, 9.17) is 5.73 Å². The molecule has 0 aliphatic carbocycles. The van der Waals surface area contributed by atoms with Gasteiger partial charge in [0.1, 0.15) is 0 Å². The van der Waals surface area contributed by atoms with Gasteiger partial charge in [-0.3, -0.25) is 0 Å². The van der Waals surface area contributed by atoms with Crippen molar-refractivity contribution in [1.82, 2.24) is 4.72 Å². The number of hydrogen-bond donors (Lipinski definition) is 2. The molecule has 0 atom stereocenters. The van der Waals surface area contributed by atoms with Crippen molar-refractivity contribution < 1.29 is 8.42 Å². The average Bonchev–Trinajstić information content (AvgIpc) is 2.52. The molecule has 0 spiro atoms. The first kappa shape index (κ1) is 17.1. The van der Waals surface area contributed by atoms with Gasteiger partial charge in [-0.15, -0.1) is 0 Å². The molecular weight excluding hydrogens is 364 g/mol. The molecule has 0 heterocycles. The minimum absolute atomic E-state index is 0.279. The molecule has 6 heteroatoms. The summed E-state index contributed by atoms with van der Waals surface area (Å²) in [4.78, 5) is 0.279. The van der Waals surface area contributed by atoms with Crippen LogP contribution in [0.25, 0.3) is 11.1 Å². The number of nitrogens with two attached hydrogens (primary N) is 1. The van der Waals surface area contributed by atoms with E-state index >= 15 is 0 Å². The van der Waals surface area contributed by atoms with Crippen LogP contribution in [0.1, 0.15) is 12.8 Å². The van der Waals surface area contributed by atoms with Gasteiger partial charge >= 0.3 is 0 Å². The number of unbranched alkanes of at least 4 members (excludes halogenated alkanes) is 1. The summed E-state index contributed by atoms with van der Waals surface area (Å²) >= 11 is 3.40. The Kier molecular flexibility index (Phi) is 6.14. The largest absolute Gasteiger partial charge is 0.330 e. The van der Waals surface area contributed by atoms with E-state index in [-0.39, 0.29) is 4.90 Å². The molecule has 0 aliphatic rings. The lowest BCUT2D eigenvalue weighted by Crippen LogP contribution is -2.25. The van der Waals surface area contributed by atoms with Crippen molar-refractivity contribution in [3.63, 3.8) is 0 Å². The standard InChI is InChI=1S/C16H19BrN2O2S/c17-15-7-3-13(4-8-15)14-5-9-16(10-6-14)22(20,21)19-12-2-1-11-18/h3-10,19H,1-2,11-12,18H2. The van der Waals surface area contributed by atoms with Crippen LogP contribution in [0.3, 0.4) is 0 Å². The average molecular weight is 383 g/mol. The first-order chi connectivity index (χ1) is 10.5. The molecule has 118 valence electrons. The van der Waals surface area contributed by atoms with Gasteiger partial charge < -0.3 is 5.73 Å². The summed E-state index contributed by atoms with van der Waals surface area (Å²) in [7, 11) is -3.44. The van der Waals surface area contributed by atoms with Crippen LogP contribution >= 0.6 is 15.9 Å². The molecule has 22 heavy (non-hydrogen) atoms. The van der Waals surface area contributed by atoms with Crippen LogP contribution in [0.4, 0.5) is 0 Å². The Morgan fingerprint density at radius 3 is 2.00 bits per heavy atom. The van der Waals surface area contributed by atoms with E-state index in [2.05, 4.69) is 20.7 Å². The Morgan fingerprint density at radius 2 is 1.45 bits per heavy atom. The summed E-state index contributed by atoms with van der Waals surface area (Å²) in [5.41, 5.74) is 7.42. The van der Waals surface area contributed by atoms with Crippen molar-refractivity contribution in [2.75, 3.05) is 13.1 Å². The maximum absolute atomic E-state index is 12.1. The van der Waals surface area contributed by atoms with Gasteiger partial charge in [-0.1, -0.05) is 40.2 Å². The SMILES string of the molecule is NCCCCNS(=O)(=O)c1ccc(-c2ccc(Br)cc2)cc1. The lowest BCUT2D eigenvalue weighted by molar-refractivity contribution is 0.577. The Labute approximate surface area is 139 Å². The predicted molar refractivity (Wildman–Crippen MR) is 93.1 cm³/mol. The highest BCUT2D eigenvalue weighted by molar-refractivity contribution is 9.10. The van der Waals surface area contributed by atoms with Crippen LogP contribution in [-0.4, -0.2) is 21.5 Å². The zero-order valence-corrected chi connectivity index (χ0v) is 14.5. The zero-order chi connectivity index (χ0) is 16.0. The lowest BCUT2D eigenvalue weighted by atomic mass is 10.1. The van der Waals surface area contributed by atoms with Crippen LogP contribution in [0, 0.1) is 0 Å². The van der Waals surface area contributed by atoms with E-state index in [1.165, 1.54) is 0 Å². The van der Waals surface area contributed by atoms with Gasteiger partial charge in [0.2, 0.25) is 10.0 Å². The van der Waals surface area contributed by atoms with Crippen molar-refractivity contribution in [3.05, 3.63) is 53.0 Å². The second kappa shape index (κ2) is 7.87. The van der Waals surface area contributed by atoms with E-state index in [0.717, 1.165) is 28.4 Å². The number of sulfonamides is 1. The molecule has 0 bridgehead atoms. The third-order valence-corrected chi connectivity index (χ3v) is 5.27. The van der Waals surface area contributed by atoms with Crippen molar-refractivity contribution in [2.45, 2.75) is 17.7 Å². The van der Waals surface area contributed by atoms with Crippen LogP contribution in [-0.2, 0) is 10.0 Å². The molecule has 0 aliphatic heterocycles. The second-order valence-corrected chi connectivity index (χ2v) is 7.61. The van der Waals surface area contributed by atoms with Gasteiger partial charge in [-0.05, 0) is 54.8 Å². The monoisotopic (exact) mass is 382 g/mol. The van der Waals surface area contributed by atoms with Gasteiger partial charge in [0.25, 0.3) is 0 Å². The summed E-state index contributed by atoms with van der Waals surface area (Å²) in [6.45, 7) is 0.984. The van der Waals surface area contributed by atoms with E-state index < -0.39 is 10.0 Å². The summed E-state index contributed by atoms with van der Waals surface area (Å²) in [5, 5.41) is 0. The summed E-state index contributed by atoms with van der Waals surface area (Å²) in [6.07, 6.45) is 1.55. The third-order valence-electron chi connectivity index (χ3n) is 3.27. The van der Waals surface area contributed by atoms with E-state index in [1.807, 2.05) is 36.4 Å². The maximum Gasteiger partial charge on any atom is 0.240 e. The Hall–Kier alpha value is -1.21. The first-order valence-electron chi connectivity index (χ1n) is 7.09. The topological polar surface area (TPSA) is 72.2 Å².